The third-order valence-corrected chi connectivity index (χ3v) is 5.76. The topological polar surface area (TPSA) is 82.8 Å². The molecule has 8 nitrogen and oxygen atoms in total. The van der Waals surface area contributed by atoms with Gasteiger partial charge in [0, 0.05) is 23.9 Å². The predicted molar refractivity (Wildman–Crippen MR) is 110 cm³/mol. The Morgan fingerprint density at radius 3 is 2.94 bits per heavy atom. The number of halogens is 1. The summed E-state index contributed by atoms with van der Waals surface area (Å²) in [5.74, 6) is 2.25. The number of benzene rings is 1. The Labute approximate surface area is 176 Å². The van der Waals surface area contributed by atoms with Crippen LogP contribution in [0.4, 0.5) is 10.2 Å². The Morgan fingerprint density at radius 2 is 2.06 bits per heavy atom. The molecule has 1 aromatic carbocycles. The molecule has 1 atom stereocenters. The van der Waals surface area contributed by atoms with Gasteiger partial charge in [0.2, 0.25) is 0 Å². The molecule has 5 heterocycles. The number of pyridine rings is 2. The molecular weight excluding hydrogens is 401 g/mol. The normalized spacial score (nSPS) is 16.8. The third-order valence-electron chi connectivity index (χ3n) is 5.76. The number of anilines is 1. The van der Waals surface area contributed by atoms with Gasteiger partial charge in [-0.25, -0.2) is 4.39 Å². The maximum absolute atomic E-state index is 14.7. The van der Waals surface area contributed by atoms with Crippen molar-refractivity contribution in [1.29, 1.82) is 0 Å². The van der Waals surface area contributed by atoms with Gasteiger partial charge >= 0.3 is 0 Å². The van der Waals surface area contributed by atoms with E-state index in [9.17, 15) is 4.39 Å². The van der Waals surface area contributed by atoms with Crippen LogP contribution in [0.1, 0.15) is 17.0 Å². The summed E-state index contributed by atoms with van der Waals surface area (Å²) in [5, 5.41) is 11.7. The molecule has 3 aromatic heterocycles. The molecule has 156 valence electrons. The Kier molecular flexibility index (Phi) is 3.95. The van der Waals surface area contributed by atoms with E-state index in [0.717, 1.165) is 11.1 Å². The van der Waals surface area contributed by atoms with Crippen LogP contribution in [-0.2, 0) is 6.54 Å². The first kappa shape index (κ1) is 17.9. The van der Waals surface area contributed by atoms with Crippen molar-refractivity contribution in [2.45, 2.75) is 12.5 Å². The fourth-order valence-electron chi connectivity index (χ4n) is 4.32. The van der Waals surface area contributed by atoms with E-state index in [0.29, 0.717) is 53.2 Å². The van der Waals surface area contributed by atoms with Crippen molar-refractivity contribution in [3.05, 3.63) is 59.8 Å². The highest BCUT2D eigenvalue weighted by Gasteiger charge is 2.31. The summed E-state index contributed by atoms with van der Waals surface area (Å²) in [4.78, 5) is 4.49. The van der Waals surface area contributed by atoms with Crippen LogP contribution in [-0.4, -0.2) is 39.9 Å². The molecule has 6 rings (SSSR count). The summed E-state index contributed by atoms with van der Waals surface area (Å²) in [7, 11) is 1.60. The first-order valence-corrected chi connectivity index (χ1v) is 9.91. The second kappa shape index (κ2) is 6.83. The number of fused-ring (bicyclic) bond motifs is 3. The van der Waals surface area contributed by atoms with Crippen LogP contribution in [0.15, 0.2) is 42.9 Å². The van der Waals surface area contributed by atoms with Crippen molar-refractivity contribution in [3.8, 4) is 28.5 Å². The zero-order valence-electron chi connectivity index (χ0n) is 16.6. The van der Waals surface area contributed by atoms with Crippen molar-refractivity contribution < 1.29 is 18.6 Å². The fraction of sp³-hybridized carbons (Fsp3) is 0.227. The average molecular weight is 419 g/mol. The molecule has 2 aliphatic rings. The second-order valence-electron chi connectivity index (χ2n) is 7.46. The second-order valence-corrected chi connectivity index (χ2v) is 7.46. The summed E-state index contributed by atoms with van der Waals surface area (Å²) in [5.41, 5.74) is 3.41. The van der Waals surface area contributed by atoms with Crippen LogP contribution in [0.3, 0.4) is 0 Å². The maximum atomic E-state index is 14.7. The van der Waals surface area contributed by atoms with Crippen LogP contribution in [0.25, 0.3) is 16.9 Å². The highest BCUT2D eigenvalue weighted by Crippen LogP contribution is 2.42. The maximum Gasteiger partial charge on any atom is 0.172 e. The highest BCUT2D eigenvalue weighted by molar-refractivity contribution is 5.82. The molecule has 0 radical (unpaired) electrons. The van der Waals surface area contributed by atoms with Crippen LogP contribution >= 0.6 is 0 Å². The SMILES string of the molecule is COc1cccnc1-c1cc2c(n3cnnc13)NCc1c(F)ccc3c1[C@@H](CO3)CO2. The lowest BCUT2D eigenvalue weighted by Gasteiger charge is -2.17. The van der Waals surface area contributed by atoms with Gasteiger partial charge in [-0.05, 0) is 30.3 Å². The average Bonchev–Trinajstić information content (AvgIpc) is 3.45. The quantitative estimate of drug-likeness (QED) is 0.533. The number of hydrogen-bond acceptors (Lipinski definition) is 7. The molecule has 0 bridgehead atoms. The van der Waals surface area contributed by atoms with Gasteiger partial charge in [0.25, 0.3) is 0 Å². The van der Waals surface area contributed by atoms with E-state index in [4.69, 9.17) is 14.2 Å². The monoisotopic (exact) mass is 419 g/mol. The molecular formula is C22H18FN5O3. The summed E-state index contributed by atoms with van der Waals surface area (Å²) in [6.07, 6.45) is 3.30. The molecule has 0 unspecified atom stereocenters. The van der Waals surface area contributed by atoms with E-state index < -0.39 is 0 Å². The smallest absolute Gasteiger partial charge is 0.172 e. The lowest BCUT2D eigenvalue weighted by atomic mass is 9.96. The minimum atomic E-state index is -0.264. The first-order valence-electron chi connectivity index (χ1n) is 9.91. The minimum absolute atomic E-state index is 0.0575. The molecule has 31 heavy (non-hydrogen) atoms. The molecule has 0 amide bonds. The van der Waals surface area contributed by atoms with Crippen LogP contribution in [0, 0.1) is 5.82 Å². The summed E-state index contributed by atoms with van der Waals surface area (Å²) >= 11 is 0. The molecule has 9 heteroatoms. The van der Waals surface area contributed by atoms with Gasteiger partial charge in [0.05, 0.1) is 31.8 Å². The molecule has 0 saturated heterocycles. The summed E-state index contributed by atoms with van der Waals surface area (Å²) < 4.78 is 34.0. The molecule has 0 saturated carbocycles. The van der Waals surface area contributed by atoms with Crippen LogP contribution in [0.5, 0.6) is 17.2 Å². The lowest BCUT2D eigenvalue weighted by molar-refractivity contribution is 0.249. The van der Waals surface area contributed by atoms with Gasteiger partial charge in [-0.2, -0.15) is 0 Å². The van der Waals surface area contributed by atoms with Gasteiger partial charge in [0.15, 0.2) is 17.2 Å². The largest absolute Gasteiger partial charge is 0.494 e. The fourth-order valence-corrected chi connectivity index (χ4v) is 4.32. The zero-order valence-corrected chi connectivity index (χ0v) is 16.6. The van der Waals surface area contributed by atoms with Crippen molar-refractivity contribution in [3.63, 3.8) is 0 Å². The number of rotatable bonds is 2. The van der Waals surface area contributed by atoms with Crippen molar-refractivity contribution >= 4 is 11.5 Å². The highest BCUT2D eigenvalue weighted by atomic mass is 19.1. The number of hydrogen-bond donors (Lipinski definition) is 1. The van der Waals surface area contributed by atoms with Gasteiger partial charge < -0.3 is 19.5 Å². The number of nitrogens with zero attached hydrogens (tertiary/aromatic N) is 4. The van der Waals surface area contributed by atoms with Gasteiger partial charge in [-0.3, -0.25) is 9.38 Å². The lowest BCUT2D eigenvalue weighted by Crippen LogP contribution is -2.13. The molecule has 2 aliphatic heterocycles. The molecule has 0 aliphatic carbocycles. The first-order chi connectivity index (χ1) is 15.2. The summed E-state index contributed by atoms with van der Waals surface area (Å²) in [6.45, 7) is 1.09. The van der Waals surface area contributed by atoms with Crippen molar-refractivity contribution in [1.82, 2.24) is 19.6 Å². The molecule has 4 aromatic rings. The number of ether oxygens (including phenoxy) is 3. The number of nitrogens with one attached hydrogen (secondary N) is 1. The predicted octanol–water partition coefficient (Wildman–Crippen LogP) is 3.42. The third kappa shape index (κ3) is 2.69. The molecule has 0 fully saturated rings. The van der Waals surface area contributed by atoms with E-state index in [2.05, 4.69) is 20.5 Å². The number of aromatic nitrogens is 4. The minimum Gasteiger partial charge on any atom is -0.494 e. The van der Waals surface area contributed by atoms with Crippen LogP contribution in [0.2, 0.25) is 0 Å². The standard InChI is InChI=1S/C22H18FN5O3/c1-29-17-3-2-6-24-20(17)13-7-18-22(28-11-26-27-21(13)28)25-8-14-15(23)4-5-16-19(14)12(9-30-16)10-31-18/h2-7,11-12,25H,8-10H2,1H3/t12-/m0/s1. The molecule has 1 N–H and O–H groups in total. The Hall–Kier alpha value is -3.88. The summed E-state index contributed by atoms with van der Waals surface area (Å²) in [6, 6.07) is 8.65. The van der Waals surface area contributed by atoms with E-state index in [1.807, 2.05) is 18.2 Å². The number of methoxy groups -OCH3 is 1. The van der Waals surface area contributed by atoms with Gasteiger partial charge in [-0.1, -0.05) is 0 Å². The van der Waals surface area contributed by atoms with Crippen molar-refractivity contribution in [2.75, 3.05) is 25.6 Å². The van der Waals surface area contributed by atoms with E-state index in [-0.39, 0.29) is 18.3 Å². The van der Waals surface area contributed by atoms with Crippen LogP contribution < -0.4 is 19.5 Å². The Bertz CT molecular complexity index is 1320. The molecule has 0 spiro atoms. The Morgan fingerprint density at radius 1 is 1.19 bits per heavy atom. The Balaban J connectivity index is 1.53. The van der Waals surface area contributed by atoms with Gasteiger partial charge in [0.1, 0.15) is 29.3 Å². The van der Waals surface area contributed by atoms with E-state index >= 15 is 0 Å². The zero-order chi connectivity index (χ0) is 20.9. The van der Waals surface area contributed by atoms with E-state index in [1.165, 1.54) is 6.07 Å². The van der Waals surface area contributed by atoms with E-state index in [1.54, 1.807) is 30.1 Å². The van der Waals surface area contributed by atoms with Gasteiger partial charge in [-0.15, -0.1) is 10.2 Å². The van der Waals surface area contributed by atoms with Crippen molar-refractivity contribution in [2.24, 2.45) is 0 Å².